The Morgan fingerprint density at radius 1 is 1.12 bits per heavy atom. The van der Waals surface area contributed by atoms with E-state index in [0.717, 1.165) is 43.9 Å². The molecular weight excluding hydrogens is 414 g/mol. The third-order valence-corrected chi connectivity index (χ3v) is 6.63. The molecule has 2 fully saturated rings. The molecular formula is C24H26F2N4O2. The summed E-state index contributed by atoms with van der Waals surface area (Å²) in [6, 6.07) is 7.02. The van der Waals surface area contributed by atoms with Crippen LogP contribution in [0.25, 0.3) is 5.52 Å². The minimum atomic E-state index is -0.453. The van der Waals surface area contributed by atoms with E-state index in [9.17, 15) is 18.7 Å². The van der Waals surface area contributed by atoms with Crippen LogP contribution in [-0.2, 0) is 0 Å². The van der Waals surface area contributed by atoms with E-state index >= 15 is 0 Å². The van der Waals surface area contributed by atoms with Crippen LogP contribution in [0.2, 0.25) is 0 Å². The number of rotatable bonds is 4. The number of aliphatic hydroxyl groups excluding tert-OH is 1. The van der Waals surface area contributed by atoms with Gasteiger partial charge >= 0.3 is 0 Å². The van der Waals surface area contributed by atoms with Crippen molar-refractivity contribution in [3.8, 4) is 0 Å². The predicted molar refractivity (Wildman–Crippen MR) is 117 cm³/mol. The zero-order valence-electron chi connectivity index (χ0n) is 17.7. The molecule has 3 aromatic rings. The van der Waals surface area contributed by atoms with E-state index in [2.05, 4.69) is 15.3 Å². The number of anilines is 1. The van der Waals surface area contributed by atoms with Gasteiger partial charge in [-0.25, -0.2) is 13.3 Å². The van der Waals surface area contributed by atoms with Crippen LogP contribution in [-0.4, -0.2) is 39.3 Å². The second-order valence-electron chi connectivity index (χ2n) is 8.78. The first-order valence-electron chi connectivity index (χ1n) is 11.2. The lowest BCUT2D eigenvalue weighted by molar-refractivity contribution is 0.0851. The molecule has 2 N–H and O–H groups in total. The summed E-state index contributed by atoms with van der Waals surface area (Å²) < 4.78 is 29.9. The Morgan fingerprint density at radius 2 is 2.00 bits per heavy atom. The quantitative estimate of drug-likeness (QED) is 0.644. The maximum absolute atomic E-state index is 14.5. The summed E-state index contributed by atoms with van der Waals surface area (Å²) in [5.74, 6) is -1.08. The van der Waals surface area contributed by atoms with Gasteiger partial charge in [0, 0.05) is 30.0 Å². The zero-order valence-corrected chi connectivity index (χ0v) is 17.7. The van der Waals surface area contributed by atoms with E-state index in [0.29, 0.717) is 29.6 Å². The van der Waals surface area contributed by atoms with Gasteiger partial charge in [-0.15, -0.1) is 0 Å². The number of carbonyl (C=O) groups excluding carboxylic acids is 1. The molecule has 0 bridgehead atoms. The van der Waals surface area contributed by atoms with Crippen LogP contribution in [0.15, 0.2) is 42.7 Å². The summed E-state index contributed by atoms with van der Waals surface area (Å²) in [7, 11) is 0. The van der Waals surface area contributed by atoms with E-state index in [1.807, 2.05) is 12.1 Å². The fraction of sp³-hybridized carbons (Fsp3) is 0.417. The lowest BCUT2D eigenvalue weighted by Gasteiger charge is -2.28. The first kappa shape index (κ1) is 20.9. The first-order valence-corrected chi connectivity index (χ1v) is 11.2. The van der Waals surface area contributed by atoms with E-state index in [1.165, 1.54) is 12.1 Å². The molecule has 3 heterocycles. The third-order valence-electron chi connectivity index (χ3n) is 6.63. The highest BCUT2D eigenvalue weighted by Gasteiger charge is 2.30. The molecule has 1 saturated carbocycles. The summed E-state index contributed by atoms with van der Waals surface area (Å²) in [5.41, 5.74) is 2.30. The van der Waals surface area contributed by atoms with Crippen LogP contribution in [0.4, 0.5) is 14.5 Å². The van der Waals surface area contributed by atoms with E-state index in [1.54, 1.807) is 16.9 Å². The number of nitrogens with one attached hydrogen (secondary N) is 1. The zero-order chi connectivity index (χ0) is 22.2. The topological polar surface area (TPSA) is 69.9 Å². The maximum atomic E-state index is 14.5. The Hall–Kier alpha value is -3.00. The van der Waals surface area contributed by atoms with Gasteiger partial charge in [0.15, 0.2) is 0 Å². The summed E-state index contributed by atoms with van der Waals surface area (Å²) >= 11 is 0. The second kappa shape index (κ2) is 8.50. The van der Waals surface area contributed by atoms with Crippen molar-refractivity contribution in [3.63, 3.8) is 0 Å². The van der Waals surface area contributed by atoms with Crippen molar-refractivity contribution < 1.29 is 18.7 Å². The average Bonchev–Trinajstić information content (AvgIpc) is 3.42. The number of halogens is 2. The molecule has 3 atom stereocenters. The summed E-state index contributed by atoms with van der Waals surface area (Å²) in [4.78, 5) is 15.0. The number of hydrogen-bond acceptors (Lipinski definition) is 4. The van der Waals surface area contributed by atoms with Crippen molar-refractivity contribution in [1.29, 1.82) is 0 Å². The average molecular weight is 440 g/mol. The van der Waals surface area contributed by atoms with Gasteiger partial charge in [-0.05, 0) is 68.9 Å². The van der Waals surface area contributed by atoms with Crippen LogP contribution in [0, 0.1) is 11.6 Å². The molecule has 1 aliphatic carbocycles. The molecule has 1 aliphatic heterocycles. The molecule has 2 aliphatic rings. The Balaban J connectivity index is 1.43. The molecule has 0 radical (unpaired) electrons. The molecule has 3 unspecified atom stereocenters. The van der Waals surface area contributed by atoms with Gasteiger partial charge < -0.3 is 15.3 Å². The minimum Gasteiger partial charge on any atom is -0.393 e. The Bertz CT molecular complexity index is 1150. The molecule has 1 saturated heterocycles. The van der Waals surface area contributed by atoms with Crippen LogP contribution in [0.5, 0.6) is 0 Å². The van der Waals surface area contributed by atoms with Gasteiger partial charge in [0.1, 0.15) is 11.6 Å². The molecule has 1 aromatic carbocycles. The molecule has 168 valence electrons. The smallest absolute Gasteiger partial charge is 0.255 e. The summed E-state index contributed by atoms with van der Waals surface area (Å²) in [6.07, 6.45) is 7.61. The van der Waals surface area contributed by atoms with Crippen molar-refractivity contribution in [2.24, 2.45) is 0 Å². The van der Waals surface area contributed by atoms with Crippen molar-refractivity contribution >= 4 is 17.1 Å². The lowest BCUT2D eigenvalue weighted by atomic mass is 9.93. The fourth-order valence-corrected chi connectivity index (χ4v) is 5.05. The van der Waals surface area contributed by atoms with Crippen LogP contribution >= 0.6 is 0 Å². The van der Waals surface area contributed by atoms with Crippen LogP contribution < -0.4 is 10.2 Å². The molecule has 5 rings (SSSR count). The highest BCUT2D eigenvalue weighted by Crippen LogP contribution is 2.38. The van der Waals surface area contributed by atoms with Crippen molar-refractivity contribution in [1.82, 2.24) is 14.9 Å². The molecule has 0 spiro atoms. The second-order valence-corrected chi connectivity index (χ2v) is 8.78. The van der Waals surface area contributed by atoms with Gasteiger partial charge in [0.05, 0.1) is 29.4 Å². The maximum Gasteiger partial charge on any atom is 0.255 e. The number of amides is 1. The van der Waals surface area contributed by atoms with Gasteiger partial charge in [-0.3, -0.25) is 4.79 Å². The largest absolute Gasteiger partial charge is 0.393 e. The van der Waals surface area contributed by atoms with E-state index in [4.69, 9.17) is 0 Å². The molecule has 1 amide bonds. The SMILES string of the molecule is O=C(NC1CCCC(O)C1)c1cnn2ccc(N3CCCC3c3cc(F)ccc3F)cc12. The number of carbonyl (C=O) groups is 1. The lowest BCUT2D eigenvalue weighted by Crippen LogP contribution is -2.39. The minimum absolute atomic E-state index is 0.0525. The Labute approximate surface area is 184 Å². The highest BCUT2D eigenvalue weighted by atomic mass is 19.1. The number of pyridine rings is 1. The van der Waals surface area contributed by atoms with Gasteiger partial charge in [0.25, 0.3) is 5.91 Å². The highest BCUT2D eigenvalue weighted by molar-refractivity contribution is 6.01. The summed E-state index contributed by atoms with van der Waals surface area (Å²) in [6.45, 7) is 0.715. The van der Waals surface area contributed by atoms with E-state index < -0.39 is 11.6 Å². The van der Waals surface area contributed by atoms with Crippen LogP contribution in [0.1, 0.15) is 60.5 Å². The van der Waals surface area contributed by atoms with Gasteiger partial charge in [-0.1, -0.05) is 0 Å². The Morgan fingerprint density at radius 3 is 2.84 bits per heavy atom. The van der Waals surface area contributed by atoms with Crippen molar-refractivity contribution in [3.05, 3.63) is 65.5 Å². The third kappa shape index (κ3) is 3.95. The molecule has 6 nitrogen and oxygen atoms in total. The van der Waals surface area contributed by atoms with Gasteiger partial charge in [-0.2, -0.15) is 5.10 Å². The number of nitrogens with zero attached hydrogens (tertiary/aromatic N) is 3. The normalized spacial score (nSPS) is 23.6. The number of aromatic nitrogens is 2. The summed E-state index contributed by atoms with van der Waals surface area (Å²) in [5, 5.41) is 17.2. The number of aliphatic hydroxyl groups is 1. The Kier molecular flexibility index (Phi) is 5.55. The van der Waals surface area contributed by atoms with E-state index in [-0.39, 0.29) is 24.1 Å². The number of benzene rings is 1. The molecule has 32 heavy (non-hydrogen) atoms. The monoisotopic (exact) mass is 440 g/mol. The number of hydrogen-bond donors (Lipinski definition) is 2. The van der Waals surface area contributed by atoms with Gasteiger partial charge in [0.2, 0.25) is 0 Å². The van der Waals surface area contributed by atoms with Crippen LogP contribution in [0.3, 0.4) is 0 Å². The predicted octanol–water partition coefficient (Wildman–Crippen LogP) is 3.99. The molecule has 8 heteroatoms. The van der Waals surface area contributed by atoms with Crippen molar-refractivity contribution in [2.45, 2.75) is 56.7 Å². The molecule has 2 aromatic heterocycles. The number of fused-ring (bicyclic) bond motifs is 1. The first-order chi connectivity index (χ1) is 15.5. The van der Waals surface area contributed by atoms with Crippen molar-refractivity contribution in [2.75, 3.05) is 11.4 Å². The standard InChI is InChI=1S/C24H26F2N4O2/c25-15-6-7-21(26)19(11-15)22-5-2-9-29(22)17-8-10-30-23(13-17)20(14-27-30)24(32)28-16-3-1-4-18(31)12-16/h6-8,10-11,13-14,16,18,22,31H,1-5,9,12H2,(H,28,32). The fourth-order valence-electron chi connectivity index (χ4n) is 5.05.